The number of alkyl halides is 3. The monoisotopic (exact) mass is 348 g/mol. The van der Waals surface area contributed by atoms with Crippen LogP contribution in [0.3, 0.4) is 0 Å². The van der Waals surface area contributed by atoms with Crippen molar-refractivity contribution in [3.05, 3.63) is 17.5 Å². The van der Waals surface area contributed by atoms with Gasteiger partial charge >= 0.3 is 6.18 Å². The molecule has 0 atom stereocenters. The van der Waals surface area contributed by atoms with Crippen molar-refractivity contribution in [1.29, 1.82) is 0 Å². The Morgan fingerprint density at radius 3 is 2.52 bits per heavy atom. The Morgan fingerprint density at radius 2 is 1.96 bits per heavy atom. The Balaban J connectivity index is 1.79. The molecule has 4 nitrogen and oxygen atoms in total. The van der Waals surface area contributed by atoms with Gasteiger partial charge in [-0.25, -0.2) is 0 Å². The Hall–Kier alpha value is -1.31. The SMILES string of the molecule is CCCCNC(=S)NCCCn1nc(C(F)(F)F)cc1C1CC1. The average molecular weight is 348 g/mol. The number of hydrogen-bond donors (Lipinski definition) is 2. The maximum Gasteiger partial charge on any atom is 0.435 e. The van der Waals surface area contributed by atoms with E-state index in [1.54, 1.807) is 0 Å². The third-order valence-electron chi connectivity index (χ3n) is 3.75. The van der Waals surface area contributed by atoms with Crippen molar-refractivity contribution in [3.63, 3.8) is 0 Å². The number of nitrogens with one attached hydrogen (secondary N) is 2. The van der Waals surface area contributed by atoms with E-state index in [-0.39, 0.29) is 5.92 Å². The smallest absolute Gasteiger partial charge is 0.363 e. The molecule has 0 amide bonds. The van der Waals surface area contributed by atoms with Crippen LogP contribution in [0.1, 0.15) is 56.3 Å². The lowest BCUT2D eigenvalue weighted by Crippen LogP contribution is -2.36. The van der Waals surface area contributed by atoms with Crippen LogP contribution in [0.2, 0.25) is 0 Å². The van der Waals surface area contributed by atoms with Crippen LogP contribution >= 0.6 is 12.2 Å². The van der Waals surface area contributed by atoms with Gasteiger partial charge in [0.1, 0.15) is 0 Å². The van der Waals surface area contributed by atoms with Gasteiger partial charge in [-0.15, -0.1) is 0 Å². The van der Waals surface area contributed by atoms with Crippen molar-refractivity contribution in [1.82, 2.24) is 20.4 Å². The van der Waals surface area contributed by atoms with Gasteiger partial charge in [-0.1, -0.05) is 13.3 Å². The fraction of sp³-hybridized carbons (Fsp3) is 0.733. The molecule has 23 heavy (non-hydrogen) atoms. The van der Waals surface area contributed by atoms with E-state index in [4.69, 9.17) is 12.2 Å². The van der Waals surface area contributed by atoms with Crippen LogP contribution in [-0.4, -0.2) is 28.0 Å². The van der Waals surface area contributed by atoms with E-state index < -0.39 is 11.9 Å². The molecule has 0 spiro atoms. The molecule has 1 saturated carbocycles. The minimum absolute atomic E-state index is 0.239. The zero-order valence-corrected chi connectivity index (χ0v) is 14.1. The van der Waals surface area contributed by atoms with Crippen LogP contribution in [-0.2, 0) is 12.7 Å². The minimum atomic E-state index is -4.38. The molecule has 0 radical (unpaired) electrons. The van der Waals surface area contributed by atoms with Crippen LogP contribution in [0.5, 0.6) is 0 Å². The number of aryl methyl sites for hydroxylation is 1. The summed E-state index contributed by atoms with van der Waals surface area (Å²) in [6.45, 7) is 4.02. The summed E-state index contributed by atoms with van der Waals surface area (Å²) in [5.41, 5.74) is -0.0786. The van der Waals surface area contributed by atoms with Crippen molar-refractivity contribution < 1.29 is 13.2 Å². The summed E-state index contributed by atoms with van der Waals surface area (Å²) in [5.74, 6) is 0.239. The maximum atomic E-state index is 12.8. The first-order valence-electron chi connectivity index (χ1n) is 8.08. The van der Waals surface area contributed by atoms with Gasteiger partial charge in [0.15, 0.2) is 10.8 Å². The topological polar surface area (TPSA) is 41.9 Å². The van der Waals surface area contributed by atoms with E-state index in [2.05, 4.69) is 22.7 Å². The van der Waals surface area contributed by atoms with Crippen molar-refractivity contribution >= 4 is 17.3 Å². The lowest BCUT2D eigenvalue weighted by molar-refractivity contribution is -0.141. The zero-order chi connectivity index (χ0) is 16.9. The van der Waals surface area contributed by atoms with Gasteiger partial charge in [0, 0.05) is 31.2 Å². The van der Waals surface area contributed by atoms with E-state index in [0.29, 0.717) is 30.3 Å². The Bertz CT molecular complexity index is 523. The quantitative estimate of drug-likeness (QED) is 0.558. The second-order valence-electron chi connectivity index (χ2n) is 5.84. The van der Waals surface area contributed by atoms with Crippen molar-refractivity contribution in [2.45, 2.75) is 57.7 Å². The van der Waals surface area contributed by atoms with Gasteiger partial charge in [-0.05, 0) is 44.0 Å². The Morgan fingerprint density at radius 1 is 1.30 bits per heavy atom. The van der Waals surface area contributed by atoms with Gasteiger partial charge in [0.2, 0.25) is 0 Å². The van der Waals surface area contributed by atoms with E-state index in [1.807, 2.05) is 0 Å². The van der Waals surface area contributed by atoms with Crippen LogP contribution in [0.25, 0.3) is 0 Å². The van der Waals surface area contributed by atoms with Crippen molar-refractivity contribution in [3.8, 4) is 0 Å². The predicted octanol–water partition coefficient (Wildman–Crippen LogP) is 3.43. The number of halogens is 3. The number of thiocarbonyl (C=S) groups is 1. The molecule has 1 heterocycles. The molecule has 2 N–H and O–H groups in total. The molecule has 1 aliphatic rings. The second-order valence-corrected chi connectivity index (χ2v) is 6.25. The van der Waals surface area contributed by atoms with E-state index in [1.165, 1.54) is 10.7 Å². The number of rotatable bonds is 8. The molecule has 0 unspecified atom stereocenters. The fourth-order valence-corrected chi connectivity index (χ4v) is 2.53. The van der Waals surface area contributed by atoms with Gasteiger partial charge in [0.25, 0.3) is 0 Å². The highest BCUT2D eigenvalue weighted by Crippen LogP contribution is 2.42. The highest BCUT2D eigenvalue weighted by atomic mass is 32.1. The minimum Gasteiger partial charge on any atom is -0.363 e. The standard InChI is InChI=1S/C15H23F3N4S/c1-2-3-7-19-14(23)20-8-4-9-22-12(11-5-6-11)10-13(21-22)15(16,17)18/h10-11H,2-9H2,1H3,(H2,19,20,23). The summed E-state index contributed by atoms with van der Waals surface area (Å²) < 4.78 is 39.9. The average Bonchev–Trinajstić information content (AvgIpc) is 3.22. The van der Waals surface area contributed by atoms with Crippen LogP contribution in [0.4, 0.5) is 13.2 Å². The summed E-state index contributed by atoms with van der Waals surface area (Å²) in [5, 5.41) is 10.5. The second kappa shape index (κ2) is 7.99. The van der Waals surface area contributed by atoms with Gasteiger partial charge < -0.3 is 10.6 Å². The number of hydrogen-bond acceptors (Lipinski definition) is 2. The summed E-state index contributed by atoms with van der Waals surface area (Å²) in [6, 6.07) is 1.20. The summed E-state index contributed by atoms with van der Waals surface area (Å²) in [6.07, 6.45) is 0.353. The molecule has 1 aromatic heterocycles. The third-order valence-corrected chi connectivity index (χ3v) is 4.03. The lowest BCUT2D eigenvalue weighted by Gasteiger charge is -2.11. The molecule has 1 fully saturated rings. The van der Waals surface area contributed by atoms with E-state index >= 15 is 0 Å². The van der Waals surface area contributed by atoms with Crippen LogP contribution in [0, 0.1) is 0 Å². The number of nitrogens with zero attached hydrogens (tertiary/aromatic N) is 2. The number of aromatic nitrogens is 2. The van der Waals surface area contributed by atoms with E-state index in [0.717, 1.165) is 32.2 Å². The molecule has 0 aliphatic heterocycles. The first kappa shape index (κ1) is 18.0. The van der Waals surface area contributed by atoms with Gasteiger partial charge in [0.05, 0.1) is 0 Å². The molecule has 130 valence electrons. The van der Waals surface area contributed by atoms with Crippen molar-refractivity contribution in [2.75, 3.05) is 13.1 Å². The molecule has 2 rings (SSSR count). The molecule has 1 aromatic rings. The Labute approximate surface area is 139 Å². The maximum absolute atomic E-state index is 12.8. The van der Waals surface area contributed by atoms with Crippen molar-refractivity contribution in [2.24, 2.45) is 0 Å². The van der Waals surface area contributed by atoms with Crippen LogP contribution in [0.15, 0.2) is 6.07 Å². The molecule has 0 saturated heterocycles. The molecule has 0 bridgehead atoms. The third kappa shape index (κ3) is 5.67. The molecular formula is C15H23F3N4S. The first-order valence-corrected chi connectivity index (χ1v) is 8.49. The molecule has 8 heteroatoms. The zero-order valence-electron chi connectivity index (χ0n) is 13.2. The highest BCUT2D eigenvalue weighted by molar-refractivity contribution is 7.80. The molecule has 0 aromatic carbocycles. The molecular weight excluding hydrogens is 325 g/mol. The normalized spacial score (nSPS) is 14.8. The molecule has 1 aliphatic carbocycles. The predicted molar refractivity (Wildman–Crippen MR) is 87.3 cm³/mol. The van der Waals surface area contributed by atoms with Gasteiger partial charge in [-0.3, -0.25) is 4.68 Å². The Kier molecular flexibility index (Phi) is 6.26. The van der Waals surface area contributed by atoms with Gasteiger partial charge in [-0.2, -0.15) is 18.3 Å². The summed E-state index contributed by atoms with van der Waals surface area (Å²) in [7, 11) is 0. The first-order chi connectivity index (χ1) is 10.9. The van der Waals surface area contributed by atoms with E-state index in [9.17, 15) is 13.2 Å². The largest absolute Gasteiger partial charge is 0.435 e. The highest BCUT2D eigenvalue weighted by Gasteiger charge is 2.37. The lowest BCUT2D eigenvalue weighted by atomic mass is 10.2. The fourth-order valence-electron chi connectivity index (χ4n) is 2.33. The summed E-state index contributed by atoms with van der Waals surface area (Å²) in [4.78, 5) is 0. The summed E-state index contributed by atoms with van der Waals surface area (Å²) >= 11 is 5.13. The van der Waals surface area contributed by atoms with Crippen LogP contribution < -0.4 is 10.6 Å². The number of unbranched alkanes of at least 4 members (excludes halogenated alkanes) is 1.